The van der Waals surface area contributed by atoms with Crippen LogP contribution in [0.5, 0.6) is 0 Å². The first-order chi connectivity index (χ1) is 5.85. The van der Waals surface area contributed by atoms with E-state index in [4.69, 9.17) is 5.11 Å². The van der Waals surface area contributed by atoms with Gasteiger partial charge in [0.05, 0.1) is 0 Å². The lowest BCUT2D eigenvalue weighted by Gasteiger charge is -2.25. The highest BCUT2D eigenvalue weighted by atomic mass is 19.4. The first-order valence-corrected chi connectivity index (χ1v) is 4.64. The Hall–Kier alpha value is -0.250. The summed E-state index contributed by atoms with van der Waals surface area (Å²) in [4.78, 5) is 0. The van der Waals surface area contributed by atoms with E-state index in [9.17, 15) is 13.2 Å². The van der Waals surface area contributed by atoms with Gasteiger partial charge >= 0.3 is 6.18 Å². The largest absolute Gasteiger partial charge is 0.417 e. The summed E-state index contributed by atoms with van der Waals surface area (Å²) in [6.45, 7) is 5.73. The molecule has 1 nitrogen and oxygen atoms in total. The van der Waals surface area contributed by atoms with E-state index in [0.717, 1.165) is 0 Å². The zero-order valence-corrected chi connectivity index (χ0v) is 8.28. The molecule has 80 valence electrons. The summed E-state index contributed by atoms with van der Waals surface area (Å²) >= 11 is 0. The molecule has 2 unspecified atom stereocenters. The average molecular weight is 198 g/mol. The van der Waals surface area contributed by atoms with E-state index in [2.05, 4.69) is 0 Å². The number of rotatable bonds is 0. The van der Waals surface area contributed by atoms with Crippen LogP contribution in [0.1, 0.15) is 40.0 Å². The summed E-state index contributed by atoms with van der Waals surface area (Å²) < 4.78 is 36.2. The minimum atomic E-state index is -4.45. The first-order valence-electron chi connectivity index (χ1n) is 4.64. The molecular weight excluding hydrogens is 181 g/mol. The topological polar surface area (TPSA) is 20.2 Å². The molecule has 0 heterocycles. The van der Waals surface area contributed by atoms with Gasteiger partial charge in [0, 0.05) is 0 Å². The molecule has 0 aromatic carbocycles. The normalized spacial score (nSPS) is 33.9. The predicted molar refractivity (Wildman–Crippen MR) is 45.4 cm³/mol. The SMILES string of the molecule is CC.CC1CCC(O)(C(F)(F)F)C1. The summed E-state index contributed by atoms with van der Waals surface area (Å²) in [7, 11) is 0. The highest BCUT2D eigenvalue weighted by Crippen LogP contribution is 2.44. The standard InChI is InChI=1S/C7H11F3O.C2H6/c1-5-2-3-6(11,4-5)7(8,9)10;1-2/h5,11H,2-4H2,1H3;1-2H3. The van der Waals surface area contributed by atoms with Crippen molar-refractivity contribution in [2.45, 2.75) is 51.8 Å². The Bertz CT molecular complexity index is 155. The molecule has 0 spiro atoms. The molecule has 13 heavy (non-hydrogen) atoms. The Balaban J connectivity index is 0.000000671. The van der Waals surface area contributed by atoms with Crippen molar-refractivity contribution < 1.29 is 18.3 Å². The van der Waals surface area contributed by atoms with Crippen LogP contribution in [0.2, 0.25) is 0 Å². The molecule has 2 atom stereocenters. The van der Waals surface area contributed by atoms with E-state index < -0.39 is 11.8 Å². The lowest BCUT2D eigenvalue weighted by atomic mass is 10.0. The van der Waals surface area contributed by atoms with E-state index >= 15 is 0 Å². The maximum absolute atomic E-state index is 12.1. The van der Waals surface area contributed by atoms with Crippen LogP contribution in [-0.2, 0) is 0 Å². The molecule has 0 aromatic heterocycles. The van der Waals surface area contributed by atoms with Crippen LogP contribution < -0.4 is 0 Å². The second-order valence-electron chi connectivity index (χ2n) is 3.38. The van der Waals surface area contributed by atoms with Gasteiger partial charge in [-0.2, -0.15) is 13.2 Å². The summed E-state index contributed by atoms with van der Waals surface area (Å²) in [5.74, 6) is -0.0124. The third-order valence-electron chi connectivity index (χ3n) is 2.26. The van der Waals surface area contributed by atoms with Crippen LogP contribution in [-0.4, -0.2) is 16.9 Å². The number of alkyl halides is 3. The second-order valence-corrected chi connectivity index (χ2v) is 3.38. The van der Waals surface area contributed by atoms with Gasteiger partial charge in [0.25, 0.3) is 0 Å². The van der Waals surface area contributed by atoms with E-state index in [0.29, 0.717) is 6.42 Å². The van der Waals surface area contributed by atoms with Crippen molar-refractivity contribution in [1.29, 1.82) is 0 Å². The number of hydrogen-bond donors (Lipinski definition) is 1. The van der Waals surface area contributed by atoms with Crippen LogP contribution in [0.15, 0.2) is 0 Å². The molecule has 0 radical (unpaired) electrons. The van der Waals surface area contributed by atoms with Crippen molar-refractivity contribution in [2.75, 3.05) is 0 Å². The van der Waals surface area contributed by atoms with Crippen LogP contribution in [0.4, 0.5) is 13.2 Å². The Kier molecular flexibility index (Phi) is 4.23. The van der Waals surface area contributed by atoms with E-state index in [1.807, 2.05) is 13.8 Å². The molecule has 1 aliphatic carbocycles. The zero-order valence-electron chi connectivity index (χ0n) is 8.28. The Morgan fingerprint density at radius 2 is 1.77 bits per heavy atom. The van der Waals surface area contributed by atoms with Crippen LogP contribution in [0.25, 0.3) is 0 Å². The molecule has 0 aliphatic heterocycles. The van der Waals surface area contributed by atoms with E-state index in [1.165, 1.54) is 0 Å². The summed E-state index contributed by atoms with van der Waals surface area (Å²) in [6, 6.07) is 0. The summed E-state index contributed by atoms with van der Waals surface area (Å²) in [5, 5.41) is 9.07. The number of hydrogen-bond acceptors (Lipinski definition) is 1. The first kappa shape index (κ1) is 12.8. The fraction of sp³-hybridized carbons (Fsp3) is 1.00. The molecule has 0 saturated heterocycles. The van der Waals surface area contributed by atoms with Gasteiger partial charge in [-0.05, 0) is 25.2 Å². The van der Waals surface area contributed by atoms with Gasteiger partial charge in [0.1, 0.15) is 0 Å². The van der Waals surface area contributed by atoms with Gasteiger partial charge in [-0.15, -0.1) is 0 Å². The minimum Gasteiger partial charge on any atom is -0.380 e. The van der Waals surface area contributed by atoms with Gasteiger partial charge in [-0.1, -0.05) is 20.8 Å². The highest BCUT2D eigenvalue weighted by Gasteiger charge is 2.56. The molecule has 1 saturated carbocycles. The third-order valence-corrected chi connectivity index (χ3v) is 2.26. The molecule has 1 N–H and O–H groups in total. The fourth-order valence-corrected chi connectivity index (χ4v) is 1.52. The molecule has 1 fully saturated rings. The van der Waals surface area contributed by atoms with Crippen molar-refractivity contribution in [2.24, 2.45) is 5.92 Å². The number of halogens is 3. The van der Waals surface area contributed by atoms with Gasteiger partial charge in [-0.3, -0.25) is 0 Å². The van der Waals surface area contributed by atoms with Crippen LogP contribution in [0.3, 0.4) is 0 Å². The van der Waals surface area contributed by atoms with Gasteiger partial charge in [-0.25, -0.2) is 0 Å². The monoisotopic (exact) mass is 198 g/mol. The maximum Gasteiger partial charge on any atom is 0.417 e. The van der Waals surface area contributed by atoms with Crippen molar-refractivity contribution in [3.8, 4) is 0 Å². The molecule has 1 rings (SSSR count). The molecular formula is C9H17F3O. The quantitative estimate of drug-likeness (QED) is 0.634. The number of aliphatic hydroxyl groups is 1. The van der Waals surface area contributed by atoms with Crippen molar-refractivity contribution in [1.82, 2.24) is 0 Å². The highest BCUT2D eigenvalue weighted by molar-refractivity contribution is 4.93. The Morgan fingerprint density at radius 3 is 1.92 bits per heavy atom. The van der Waals surface area contributed by atoms with Crippen LogP contribution in [0, 0.1) is 5.92 Å². The molecule has 0 amide bonds. The second kappa shape index (κ2) is 4.31. The summed E-state index contributed by atoms with van der Waals surface area (Å²) in [6.07, 6.45) is -4.26. The van der Waals surface area contributed by atoms with E-state index in [1.54, 1.807) is 6.92 Å². The van der Waals surface area contributed by atoms with Crippen molar-refractivity contribution in [3.05, 3.63) is 0 Å². The smallest absolute Gasteiger partial charge is 0.380 e. The minimum absolute atomic E-state index is 0.0124. The lowest BCUT2D eigenvalue weighted by Crippen LogP contribution is -2.42. The Morgan fingerprint density at radius 1 is 1.31 bits per heavy atom. The molecule has 4 heteroatoms. The van der Waals surface area contributed by atoms with Crippen molar-refractivity contribution >= 4 is 0 Å². The Labute approximate surface area is 76.9 Å². The van der Waals surface area contributed by atoms with Gasteiger partial charge in [0.2, 0.25) is 0 Å². The lowest BCUT2D eigenvalue weighted by molar-refractivity contribution is -0.258. The summed E-state index contributed by atoms with van der Waals surface area (Å²) in [5.41, 5.74) is -2.40. The third kappa shape index (κ3) is 2.86. The fourth-order valence-electron chi connectivity index (χ4n) is 1.52. The molecule has 0 bridgehead atoms. The average Bonchev–Trinajstić information content (AvgIpc) is 2.35. The zero-order chi connectivity index (χ0) is 10.7. The van der Waals surface area contributed by atoms with Gasteiger partial charge in [0.15, 0.2) is 5.60 Å². The molecule has 0 aromatic rings. The van der Waals surface area contributed by atoms with Gasteiger partial charge < -0.3 is 5.11 Å². The maximum atomic E-state index is 12.1. The van der Waals surface area contributed by atoms with Crippen LogP contribution >= 0.6 is 0 Å². The molecule has 1 aliphatic rings. The van der Waals surface area contributed by atoms with E-state index in [-0.39, 0.29) is 18.8 Å². The van der Waals surface area contributed by atoms with Crippen molar-refractivity contribution in [3.63, 3.8) is 0 Å². The predicted octanol–water partition coefficient (Wildman–Crippen LogP) is 3.13.